The van der Waals surface area contributed by atoms with Gasteiger partial charge < -0.3 is 15.2 Å². The van der Waals surface area contributed by atoms with Crippen LogP contribution in [0.5, 0.6) is 0 Å². The third-order valence-electron chi connectivity index (χ3n) is 3.31. The Bertz CT molecular complexity index is 813. The fourth-order valence-electron chi connectivity index (χ4n) is 2.18. The topological polar surface area (TPSA) is 92.7 Å². The third-order valence-corrected chi connectivity index (χ3v) is 4.46. The summed E-state index contributed by atoms with van der Waals surface area (Å²) in [7, 11) is 0. The molecule has 0 radical (unpaired) electrons. The van der Waals surface area contributed by atoms with Crippen LogP contribution in [-0.4, -0.2) is 29.1 Å². The van der Waals surface area contributed by atoms with Crippen molar-refractivity contribution < 1.29 is 24.2 Å². The number of carboxylic acid groups (broad SMARTS) is 1. The lowest BCUT2D eigenvalue weighted by atomic mass is 10.0. The van der Waals surface area contributed by atoms with Gasteiger partial charge in [-0.15, -0.1) is 11.3 Å². The van der Waals surface area contributed by atoms with Gasteiger partial charge in [-0.05, 0) is 31.5 Å². The second-order valence-corrected chi connectivity index (χ2v) is 7.07. The minimum atomic E-state index is -1.06. The zero-order valence-electron chi connectivity index (χ0n) is 14.2. The SMILES string of the molecule is CC(C)OC(=O)c1c(-c2ccc(Cl)cc2)csc1NC(=O)CCC(=O)O. The summed E-state index contributed by atoms with van der Waals surface area (Å²) >= 11 is 7.09. The molecule has 0 bridgehead atoms. The molecule has 0 saturated carbocycles. The summed E-state index contributed by atoms with van der Waals surface area (Å²) in [6.07, 6.45) is -0.786. The predicted octanol–water partition coefficient (Wildman–Crippen LogP) is 4.44. The summed E-state index contributed by atoms with van der Waals surface area (Å²) in [5.74, 6) is -2.09. The van der Waals surface area contributed by atoms with E-state index in [-0.39, 0.29) is 24.5 Å². The van der Waals surface area contributed by atoms with Crippen LogP contribution in [0.1, 0.15) is 37.0 Å². The first-order valence-corrected chi connectivity index (χ1v) is 9.13. The van der Waals surface area contributed by atoms with Crippen molar-refractivity contribution in [3.05, 3.63) is 40.2 Å². The normalized spacial score (nSPS) is 10.6. The number of carbonyl (C=O) groups is 3. The molecule has 0 fully saturated rings. The van der Waals surface area contributed by atoms with Crippen LogP contribution in [0.2, 0.25) is 5.02 Å². The van der Waals surface area contributed by atoms with Crippen LogP contribution in [0.4, 0.5) is 5.00 Å². The molecule has 26 heavy (non-hydrogen) atoms. The van der Waals surface area contributed by atoms with Crippen LogP contribution in [-0.2, 0) is 14.3 Å². The highest BCUT2D eigenvalue weighted by Gasteiger charge is 2.23. The first-order valence-electron chi connectivity index (χ1n) is 7.88. The molecule has 1 aromatic heterocycles. The van der Waals surface area contributed by atoms with Gasteiger partial charge in [-0.25, -0.2) is 4.79 Å². The molecule has 0 spiro atoms. The van der Waals surface area contributed by atoms with E-state index < -0.39 is 17.8 Å². The number of thiophene rings is 1. The molecule has 0 aliphatic rings. The molecule has 0 unspecified atom stereocenters. The minimum Gasteiger partial charge on any atom is -0.481 e. The molecule has 8 heteroatoms. The standard InChI is InChI=1S/C18H18ClNO5S/c1-10(2)25-18(24)16-13(11-3-5-12(19)6-4-11)9-26-17(16)20-14(21)7-8-15(22)23/h3-6,9-10H,7-8H2,1-2H3,(H,20,21)(H,22,23). The van der Waals surface area contributed by atoms with E-state index in [2.05, 4.69) is 5.32 Å². The van der Waals surface area contributed by atoms with Gasteiger partial charge in [0, 0.05) is 22.4 Å². The molecule has 1 heterocycles. The molecule has 0 aliphatic heterocycles. The van der Waals surface area contributed by atoms with Crippen molar-refractivity contribution in [2.75, 3.05) is 5.32 Å². The van der Waals surface area contributed by atoms with E-state index >= 15 is 0 Å². The molecule has 0 aliphatic carbocycles. The quantitative estimate of drug-likeness (QED) is 0.676. The molecule has 2 rings (SSSR count). The fourth-order valence-corrected chi connectivity index (χ4v) is 3.28. The summed E-state index contributed by atoms with van der Waals surface area (Å²) in [4.78, 5) is 35.1. The first-order chi connectivity index (χ1) is 12.3. The molecule has 138 valence electrons. The van der Waals surface area contributed by atoms with Crippen LogP contribution >= 0.6 is 22.9 Å². The number of carboxylic acids is 1. The zero-order valence-corrected chi connectivity index (χ0v) is 15.8. The summed E-state index contributed by atoms with van der Waals surface area (Å²) in [6, 6.07) is 6.95. The maximum atomic E-state index is 12.6. The second kappa shape index (κ2) is 8.82. The summed E-state index contributed by atoms with van der Waals surface area (Å²) < 4.78 is 5.30. The lowest BCUT2D eigenvalue weighted by Crippen LogP contribution is -2.17. The van der Waals surface area contributed by atoms with Gasteiger partial charge in [0.2, 0.25) is 5.91 Å². The molecule has 2 N–H and O–H groups in total. The highest BCUT2D eigenvalue weighted by molar-refractivity contribution is 7.15. The fraction of sp³-hybridized carbons (Fsp3) is 0.278. The summed E-state index contributed by atoms with van der Waals surface area (Å²) in [5, 5.41) is 13.9. The maximum Gasteiger partial charge on any atom is 0.342 e. The molecular weight excluding hydrogens is 378 g/mol. The Labute approximate surface area is 159 Å². The first kappa shape index (κ1) is 19.9. The molecule has 1 amide bonds. The number of anilines is 1. The number of esters is 1. The summed E-state index contributed by atoms with van der Waals surface area (Å²) in [6.45, 7) is 3.47. The number of carbonyl (C=O) groups excluding carboxylic acids is 2. The van der Waals surface area contributed by atoms with Crippen LogP contribution < -0.4 is 5.32 Å². The van der Waals surface area contributed by atoms with E-state index in [0.717, 1.165) is 5.56 Å². The van der Waals surface area contributed by atoms with Crippen LogP contribution in [0.15, 0.2) is 29.6 Å². The smallest absolute Gasteiger partial charge is 0.342 e. The van der Waals surface area contributed by atoms with E-state index in [9.17, 15) is 14.4 Å². The van der Waals surface area contributed by atoms with E-state index in [1.54, 1.807) is 43.5 Å². The lowest BCUT2D eigenvalue weighted by Gasteiger charge is -2.11. The Morgan fingerprint density at radius 1 is 1.19 bits per heavy atom. The number of nitrogens with one attached hydrogen (secondary N) is 1. The monoisotopic (exact) mass is 395 g/mol. The van der Waals surface area contributed by atoms with E-state index in [1.807, 2.05) is 0 Å². The molecule has 0 saturated heterocycles. The van der Waals surface area contributed by atoms with Crippen molar-refractivity contribution in [3.63, 3.8) is 0 Å². The Balaban J connectivity index is 2.35. The van der Waals surface area contributed by atoms with Gasteiger partial charge in [-0.3, -0.25) is 9.59 Å². The van der Waals surface area contributed by atoms with Crippen LogP contribution in [0, 0.1) is 0 Å². The highest BCUT2D eigenvalue weighted by atomic mass is 35.5. The lowest BCUT2D eigenvalue weighted by molar-refractivity contribution is -0.138. The van der Waals surface area contributed by atoms with Crippen molar-refractivity contribution in [3.8, 4) is 11.1 Å². The third kappa shape index (κ3) is 5.31. The number of aliphatic carboxylic acids is 1. The number of ether oxygens (including phenoxy) is 1. The van der Waals surface area contributed by atoms with E-state index in [0.29, 0.717) is 15.6 Å². The molecule has 6 nitrogen and oxygen atoms in total. The average Bonchev–Trinajstić information content (AvgIpc) is 2.96. The number of hydrogen-bond donors (Lipinski definition) is 2. The number of hydrogen-bond acceptors (Lipinski definition) is 5. The number of halogens is 1. The Kier molecular flexibility index (Phi) is 6.76. The maximum absolute atomic E-state index is 12.6. The predicted molar refractivity (Wildman–Crippen MR) is 101 cm³/mol. The van der Waals surface area contributed by atoms with Gasteiger partial charge in [0.25, 0.3) is 0 Å². The minimum absolute atomic E-state index is 0.178. The second-order valence-electron chi connectivity index (χ2n) is 5.76. The molecule has 2 aromatic rings. The Hall–Kier alpha value is -2.38. The summed E-state index contributed by atoms with van der Waals surface area (Å²) in [5.41, 5.74) is 1.62. The van der Waals surface area contributed by atoms with Crippen LogP contribution in [0.25, 0.3) is 11.1 Å². The van der Waals surface area contributed by atoms with E-state index in [4.69, 9.17) is 21.4 Å². The number of amides is 1. The van der Waals surface area contributed by atoms with Crippen molar-refractivity contribution in [2.45, 2.75) is 32.8 Å². The van der Waals surface area contributed by atoms with Crippen molar-refractivity contribution in [2.24, 2.45) is 0 Å². The molecular formula is C18H18ClNO5S. The Morgan fingerprint density at radius 2 is 1.85 bits per heavy atom. The van der Waals surface area contributed by atoms with E-state index in [1.165, 1.54) is 11.3 Å². The van der Waals surface area contributed by atoms with Crippen molar-refractivity contribution >= 4 is 45.8 Å². The van der Waals surface area contributed by atoms with Crippen molar-refractivity contribution in [1.29, 1.82) is 0 Å². The van der Waals surface area contributed by atoms with Crippen LogP contribution in [0.3, 0.4) is 0 Å². The highest BCUT2D eigenvalue weighted by Crippen LogP contribution is 2.37. The average molecular weight is 396 g/mol. The molecule has 1 aromatic carbocycles. The molecule has 0 atom stereocenters. The van der Waals surface area contributed by atoms with Gasteiger partial charge in [0.05, 0.1) is 12.5 Å². The van der Waals surface area contributed by atoms with Gasteiger partial charge >= 0.3 is 11.9 Å². The zero-order chi connectivity index (χ0) is 19.3. The van der Waals surface area contributed by atoms with Gasteiger partial charge in [-0.2, -0.15) is 0 Å². The number of benzene rings is 1. The Morgan fingerprint density at radius 3 is 2.42 bits per heavy atom. The largest absolute Gasteiger partial charge is 0.481 e. The van der Waals surface area contributed by atoms with Crippen molar-refractivity contribution in [1.82, 2.24) is 0 Å². The van der Waals surface area contributed by atoms with Gasteiger partial charge in [0.15, 0.2) is 0 Å². The van der Waals surface area contributed by atoms with Gasteiger partial charge in [-0.1, -0.05) is 23.7 Å². The number of rotatable bonds is 7. The van der Waals surface area contributed by atoms with Gasteiger partial charge in [0.1, 0.15) is 10.6 Å².